The van der Waals surface area contributed by atoms with Crippen LogP contribution in [0.1, 0.15) is 18.4 Å². The van der Waals surface area contributed by atoms with E-state index in [0.717, 1.165) is 31.5 Å². The fraction of sp³-hybridized carbons (Fsp3) is 0.438. The second-order valence-electron chi connectivity index (χ2n) is 5.50. The Morgan fingerprint density at radius 1 is 1.19 bits per heavy atom. The van der Waals surface area contributed by atoms with Crippen LogP contribution in [0, 0.1) is 0 Å². The van der Waals surface area contributed by atoms with Crippen molar-refractivity contribution in [3.8, 4) is 0 Å². The van der Waals surface area contributed by atoms with Gasteiger partial charge in [0.1, 0.15) is 6.67 Å². The minimum absolute atomic E-state index is 0.109. The molecule has 0 bridgehead atoms. The van der Waals surface area contributed by atoms with E-state index in [1.807, 2.05) is 30.6 Å². The zero-order valence-electron chi connectivity index (χ0n) is 12.2. The van der Waals surface area contributed by atoms with Gasteiger partial charge in [-0.2, -0.15) is 0 Å². The average Bonchev–Trinajstić information content (AvgIpc) is 2.57. The van der Waals surface area contributed by atoms with E-state index in [4.69, 9.17) is 5.11 Å². The molecule has 1 fully saturated rings. The number of hydrogen-bond acceptors (Lipinski definition) is 5. The van der Waals surface area contributed by atoms with Gasteiger partial charge in [0.25, 0.3) is 0 Å². The predicted octanol–water partition coefficient (Wildman–Crippen LogP) is 1.51. The maximum atomic E-state index is 9.09. The van der Waals surface area contributed by atoms with Crippen LogP contribution in [0.5, 0.6) is 0 Å². The van der Waals surface area contributed by atoms with Crippen molar-refractivity contribution in [1.82, 2.24) is 10.4 Å². The van der Waals surface area contributed by atoms with Crippen LogP contribution < -0.4 is 10.3 Å². The molecule has 0 atom stereocenters. The lowest BCUT2D eigenvalue weighted by Gasteiger charge is -2.36. The Labute approximate surface area is 125 Å². The molecule has 2 N–H and O–H groups in total. The minimum Gasteiger partial charge on any atom is -0.392 e. The predicted molar refractivity (Wildman–Crippen MR) is 85.1 cm³/mol. The molecule has 0 saturated carbocycles. The smallest absolute Gasteiger partial charge is 0.124 e. The number of benzene rings is 1. The normalized spacial score (nSPS) is 19.3. The van der Waals surface area contributed by atoms with Crippen molar-refractivity contribution >= 4 is 11.9 Å². The maximum absolute atomic E-state index is 9.09. The van der Waals surface area contributed by atoms with Crippen LogP contribution in [-0.2, 0) is 6.61 Å². The number of rotatable bonds is 4. The van der Waals surface area contributed by atoms with Crippen molar-refractivity contribution in [3.05, 3.63) is 42.1 Å². The SMILES string of the molecule is OCc1ccc(N2CCC(NN3C=CC=NC3)CC2)cc1. The monoisotopic (exact) mass is 286 g/mol. The summed E-state index contributed by atoms with van der Waals surface area (Å²) in [6.45, 7) is 2.91. The number of aliphatic hydroxyl groups is 1. The first-order valence-electron chi connectivity index (χ1n) is 7.49. The molecule has 0 spiro atoms. The first kappa shape index (κ1) is 14.1. The second kappa shape index (κ2) is 6.74. The summed E-state index contributed by atoms with van der Waals surface area (Å²) in [6, 6.07) is 8.70. The molecule has 0 aromatic heterocycles. The molecule has 0 radical (unpaired) electrons. The number of hydrogen-bond donors (Lipinski definition) is 2. The lowest BCUT2D eigenvalue weighted by atomic mass is 10.0. The largest absolute Gasteiger partial charge is 0.392 e. The summed E-state index contributed by atoms with van der Waals surface area (Å²) < 4.78 is 0. The first-order chi connectivity index (χ1) is 10.3. The van der Waals surface area contributed by atoms with Gasteiger partial charge in [0.15, 0.2) is 0 Å². The number of allylic oxidation sites excluding steroid dienone is 1. The molecule has 0 aliphatic carbocycles. The van der Waals surface area contributed by atoms with Gasteiger partial charge in [-0.3, -0.25) is 10.0 Å². The van der Waals surface area contributed by atoms with Crippen LogP contribution in [0.25, 0.3) is 0 Å². The topological polar surface area (TPSA) is 51.1 Å². The molecule has 5 heteroatoms. The zero-order chi connectivity index (χ0) is 14.5. The summed E-state index contributed by atoms with van der Waals surface area (Å²) in [5.74, 6) is 0. The van der Waals surface area contributed by atoms with E-state index in [1.54, 1.807) is 0 Å². The molecule has 2 aliphatic rings. The van der Waals surface area contributed by atoms with Crippen molar-refractivity contribution in [2.45, 2.75) is 25.5 Å². The molecular weight excluding hydrogens is 264 g/mol. The van der Waals surface area contributed by atoms with Gasteiger partial charge < -0.3 is 10.0 Å². The third kappa shape index (κ3) is 3.62. The van der Waals surface area contributed by atoms with Crippen LogP contribution in [-0.4, -0.2) is 42.1 Å². The zero-order valence-corrected chi connectivity index (χ0v) is 12.2. The number of aliphatic hydroxyl groups excluding tert-OH is 1. The maximum Gasteiger partial charge on any atom is 0.124 e. The van der Waals surface area contributed by atoms with Crippen molar-refractivity contribution in [2.24, 2.45) is 4.99 Å². The van der Waals surface area contributed by atoms with E-state index in [0.29, 0.717) is 12.7 Å². The molecule has 3 rings (SSSR count). The van der Waals surface area contributed by atoms with E-state index in [9.17, 15) is 0 Å². The van der Waals surface area contributed by atoms with Gasteiger partial charge in [-0.25, -0.2) is 5.43 Å². The van der Waals surface area contributed by atoms with Crippen molar-refractivity contribution in [2.75, 3.05) is 24.7 Å². The quantitative estimate of drug-likeness (QED) is 0.881. The number of aliphatic imine (C=N–C) groups is 1. The average molecular weight is 286 g/mol. The van der Waals surface area contributed by atoms with E-state index < -0.39 is 0 Å². The molecule has 21 heavy (non-hydrogen) atoms. The Hall–Kier alpha value is -1.85. The van der Waals surface area contributed by atoms with Gasteiger partial charge in [-0.1, -0.05) is 12.1 Å². The Balaban J connectivity index is 1.50. The van der Waals surface area contributed by atoms with Gasteiger partial charge in [0.05, 0.1) is 6.61 Å². The van der Waals surface area contributed by atoms with Gasteiger partial charge >= 0.3 is 0 Å². The van der Waals surface area contributed by atoms with Gasteiger partial charge in [0, 0.05) is 37.2 Å². The molecule has 2 aliphatic heterocycles. The van der Waals surface area contributed by atoms with Crippen LogP contribution in [0.2, 0.25) is 0 Å². The second-order valence-corrected chi connectivity index (χ2v) is 5.50. The van der Waals surface area contributed by atoms with E-state index in [2.05, 4.69) is 32.5 Å². The summed E-state index contributed by atoms with van der Waals surface area (Å²) in [4.78, 5) is 6.63. The first-order valence-corrected chi connectivity index (χ1v) is 7.49. The van der Waals surface area contributed by atoms with Gasteiger partial charge in [-0.05, 0) is 36.6 Å². The highest BCUT2D eigenvalue weighted by Crippen LogP contribution is 2.21. The van der Waals surface area contributed by atoms with Crippen LogP contribution in [0.15, 0.2) is 41.5 Å². The number of hydrazine groups is 1. The highest BCUT2D eigenvalue weighted by atomic mass is 16.3. The Bertz CT molecular complexity index is 504. The molecule has 0 amide bonds. The van der Waals surface area contributed by atoms with E-state index >= 15 is 0 Å². The van der Waals surface area contributed by atoms with Crippen LogP contribution in [0.4, 0.5) is 5.69 Å². The Morgan fingerprint density at radius 2 is 1.95 bits per heavy atom. The summed E-state index contributed by atoms with van der Waals surface area (Å²) in [7, 11) is 0. The summed E-state index contributed by atoms with van der Waals surface area (Å²) in [5, 5.41) is 11.1. The van der Waals surface area contributed by atoms with Gasteiger partial charge in [-0.15, -0.1) is 0 Å². The number of piperidine rings is 1. The van der Waals surface area contributed by atoms with Crippen LogP contribution in [0.3, 0.4) is 0 Å². The molecule has 5 nitrogen and oxygen atoms in total. The number of nitrogens with zero attached hydrogens (tertiary/aromatic N) is 3. The summed E-state index contributed by atoms with van der Waals surface area (Å²) >= 11 is 0. The molecule has 1 saturated heterocycles. The Kier molecular flexibility index (Phi) is 4.52. The fourth-order valence-electron chi connectivity index (χ4n) is 2.78. The lowest BCUT2D eigenvalue weighted by molar-refractivity contribution is 0.212. The van der Waals surface area contributed by atoms with Crippen molar-refractivity contribution < 1.29 is 5.11 Å². The number of nitrogens with one attached hydrogen (secondary N) is 1. The highest BCUT2D eigenvalue weighted by Gasteiger charge is 2.20. The summed E-state index contributed by atoms with van der Waals surface area (Å²) in [5.41, 5.74) is 5.73. The molecular formula is C16H22N4O. The summed E-state index contributed by atoms with van der Waals surface area (Å²) in [6.07, 6.45) is 8.06. The van der Waals surface area contributed by atoms with Crippen molar-refractivity contribution in [1.29, 1.82) is 0 Å². The molecule has 0 unspecified atom stereocenters. The molecule has 1 aromatic carbocycles. The fourth-order valence-corrected chi connectivity index (χ4v) is 2.78. The molecule has 112 valence electrons. The third-order valence-electron chi connectivity index (χ3n) is 4.02. The molecule has 1 aromatic rings. The third-order valence-corrected chi connectivity index (χ3v) is 4.02. The minimum atomic E-state index is 0.109. The standard InChI is InChI=1S/C16H22N4O/c21-12-14-2-4-16(5-3-14)19-10-6-15(7-11-19)18-20-9-1-8-17-13-20/h1-5,8-9,15,18,21H,6-7,10-13H2. The van der Waals surface area contributed by atoms with E-state index in [-0.39, 0.29) is 6.61 Å². The van der Waals surface area contributed by atoms with Crippen LogP contribution >= 0.6 is 0 Å². The molecule has 2 heterocycles. The lowest BCUT2D eigenvalue weighted by Crippen LogP contribution is -2.48. The van der Waals surface area contributed by atoms with Gasteiger partial charge in [0.2, 0.25) is 0 Å². The van der Waals surface area contributed by atoms with E-state index in [1.165, 1.54) is 5.69 Å². The highest BCUT2D eigenvalue weighted by molar-refractivity contribution is 5.71. The van der Waals surface area contributed by atoms with Crippen molar-refractivity contribution in [3.63, 3.8) is 0 Å². The Morgan fingerprint density at radius 3 is 2.57 bits per heavy atom. The number of anilines is 1.